The topological polar surface area (TPSA) is 51.9 Å². The van der Waals surface area contributed by atoms with Crippen LogP contribution in [0.1, 0.15) is 16.9 Å². The lowest BCUT2D eigenvalue weighted by Crippen LogP contribution is -2.45. The van der Waals surface area contributed by atoms with Gasteiger partial charge in [-0.2, -0.15) is 0 Å². The third-order valence-electron chi connectivity index (χ3n) is 4.52. The average Bonchev–Trinajstić information content (AvgIpc) is 3.21. The Labute approximate surface area is 158 Å². The van der Waals surface area contributed by atoms with E-state index in [9.17, 15) is 4.79 Å². The highest BCUT2D eigenvalue weighted by Crippen LogP contribution is 2.31. The highest BCUT2D eigenvalue weighted by atomic mass is 16.6. The molecule has 1 atom stereocenters. The normalized spacial score (nSPS) is 15.4. The lowest BCUT2D eigenvalue weighted by molar-refractivity contribution is -0.142. The van der Waals surface area contributed by atoms with Crippen molar-refractivity contribution in [3.63, 3.8) is 0 Å². The first-order chi connectivity index (χ1) is 13.2. The Bertz CT molecular complexity index is 902. The van der Waals surface area contributed by atoms with Crippen LogP contribution < -0.4 is 9.47 Å². The Morgan fingerprint density at radius 1 is 1.00 bits per heavy atom. The van der Waals surface area contributed by atoms with Crippen molar-refractivity contribution in [1.29, 1.82) is 0 Å². The number of carbonyl (C=O) groups excluding carboxylic acids is 1. The Morgan fingerprint density at radius 2 is 1.78 bits per heavy atom. The van der Waals surface area contributed by atoms with Crippen LogP contribution in [0.25, 0.3) is 0 Å². The largest absolute Gasteiger partial charge is 0.485 e. The van der Waals surface area contributed by atoms with Crippen molar-refractivity contribution < 1.29 is 18.7 Å². The molecular weight excluding hydrogens is 342 g/mol. The van der Waals surface area contributed by atoms with Gasteiger partial charge in [0.1, 0.15) is 12.4 Å². The van der Waals surface area contributed by atoms with Gasteiger partial charge in [0.15, 0.2) is 11.5 Å². The summed E-state index contributed by atoms with van der Waals surface area (Å²) < 4.78 is 17.1. The molecule has 0 spiro atoms. The average molecular weight is 363 g/mol. The number of hydrogen-bond donors (Lipinski definition) is 0. The van der Waals surface area contributed by atoms with Crippen LogP contribution in [0.3, 0.4) is 0 Å². The van der Waals surface area contributed by atoms with E-state index in [0.717, 1.165) is 11.3 Å². The lowest BCUT2D eigenvalue weighted by atomic mass is 10.1. The Hall–Kier alpha value is -3.21. The summed E-state index contributed by atoms with van der Waals surface area (Å²) in [6, 6.07) is 19.2. The van der Waals surface area contributed by atoms with Crippen molar-refractivity contribution in [2.75, 3.05) is 6.61 Å². The molecule has 3 aromatic rings. The van der Waals surface area contributed by atoms with Gasteiger partial charge < -0.3 is 18.8 Å². The van der Waals surface area contributed by atoms with E-state index in [1.165, 1.54) is 5.56 Å². The van der Waals surface area contributed by atoms with Gasteiger partial charge >= 0.3 is 0 Å². The van der Waals surface area contributed by atoms with Crippen molar-refractivity contribution in [2.24, 2.45) is 0 Å². The fourth-order valence-corrected chi connectivity index (χ4v) is 3.06. The van der Waals surface area contributed by atoms with E-state index >= 15 is 0 Å². The van der Waals surface area contributed by atoms with Crippen molar-refractivity contribution in [3.8, 4) is 11.5 Å². The van der Waals surface area contributed by atoms with Crippen LogP contribution in [-0.2, 0) is 17.9 Å². The molecule has 138 valence electrons. The standard InChI is InChI=1S/C22H21NO4/c1-16-8-10-17(11-9-16)13-23(14-18-5-4-12-25-18)22(24)21-15-26-19-6-2-3-7-20(19)27-21/h2-12,21H,13-15H2,1H3/t21-/m0/s1. The van der Waals surface area contributed by atoms with Gasteiger partial charge in [0.2, 0.25) is 6.10 Å². The molecule has 0 bridgehead atoms. The van der Waals surface area contributed by atoms with Gasteiger partial charge in [0.25, 0.3) is 5.91 Å². The van der Waals surface area contributed by atoms with E-state index < -0.39 is 6.10 Å². The molecule has 1 amide bonds. The highest BCUT2D eigenvalue weighted by Gasteiger charge is 2.31. The maximum atomic E-state index is 13.2. The van der Waals surface area contributed by atoms with Crippen molar-refractivity contribution in [2.45, 2.75) is 26.1 Å². The minimum absolute atomic E-state index is 0.124. The predicted octanol–water partition coefficient (Wildman–Crippen LogP) is 3.96. The second-order valence-corrected chi connectivity index (χ2v) is 6.62. The monoisotopic (exact) mass is 363 g/mol. The zero-order valence-electron chi connectivity index (χ0n) is 15.1. The molecule has 0 N–H and O–H groups in total. The number of fused-ring (bicyclic) bond motifs is 1. The van der Waals surface area contributed by atoms with E-state index in [1.54, 1.807) is 11.2 Å². The molecule has 5 nitrogen and oxygen atoms in total. The molecule has 0 unspecified atom stereocenters. The Morgan fingerprint density at radius 3 is 2.52 bits per heavy atom. The summed E-state index contributed by atoms with van der Waals surface area (Å²) in [5, 5.41) is 0. The first-order valence-corrected chi connectivity index (χ1v) is 8.94. The molecular formula is C22H21NO4. The maximum absolute atomic E-state index is 13.2. The van der Waals surface area contributed by atoms with Crippen LogP contribution in [0, 0.1) is 6.92 Å². The van der Waals surface area contributed by atoms with Crippen LogP contribution in [0.15, 0.2) is 71.3 Å². The Balaban J connectivity index is 1.54. The predicted molar refractivity (Wildman–Crippen MR) is 100 cm³/mol. The summed E-state index contributed by atoms with van der Waals surface area (Å²) in [5.41, 5.74) is 2.24. The number of hydrogen-bond acceptors (Lipinski definition) is 4. The molecule has 27 heavy (non-hydrogen) atoms. The van der Waals surface area contributed by atoms with E-state index in [0.29, 0.717) is 24.6 Å². The molecule has 4 rings (SSSR count). The first kappa shape index (κ1) is 17.2. The Kier molecular flexibility index (Phi) is 4.83. The summed E-state index contributed by atoms with van der Waals surface area (Å²) in [5.74, 6) is 1.86. The number of para-hydroxylation sites is 2. The fourth-order valence-electron chi connectivity index (χ4n) is 3.06. The summed E-state index contributed by atoms with van der Waals surface area (Å²) in [6.45, 7) is 3.08. The number of rotatable bonds is 5. The number of ether oxygens (including phenoxy) is 2. The van der Waals surface area contributed by atoms with Gasteiger partial charge in [0, 0.05) is 6.54 Å². The highest BCUT2D eigenvalue weighted by molar-refractivity contribution is 5.82. The minimum Gasteiger partial charge on any atom is -0.485 e. The summed E-state index contributed by atoms with van der Waals surface area (Å²) in [4.78, 5) is 14.9. The van der Waals surface area contributed by atoms with Crippen molar-refractivity contribution in [3.05, 3.63) is 83.8 Å². The summed E-state index contributed by atoms with van der Waals surface area (Å²) in [6.07, 6.45) is 0.931. The van der Waals surface area contributed by atoms with Crippen LogP contribution >= 0.6 is 0 Å². The summed E-state index contributed by atoms with van der Waals surface area (Å²) >= 11 is 0. The molecule has 1 aliphatic rings. The second kappa shape index (κ2) is 7.58. The van der Waals surface area contributed by atoms with Crippen LogP contribution in [-0.4, -0.2) is 23.5 Å². The zero-order chi connectivity index (χ0) is 18.6. The molecule has 0 aliphatic carbocycles. The zero-order valence-corrected chi connectivity index (χ0v) is 15.1. The summed E-state index contributed by atoms with van der Waals surface area (Å²) in [7, 11) is 0. The molecule has 0 saturated carbocycles. The number of nitrogens with zero attached hydrogens (tertiary/aromatic N) is 1. The molecule has 0 radical (unpaired) electrons. The van der Waals surface area contributed by atoms with Gasteiger partial charge in [-0.25, -0.2) is 0 Å². The van der Waals surface area contributed by atoms with Crippen LogP contribution in [0.2, 0.25) is 0 Å². The number of carbonyl (C=O) groups is 1. The number of aryl methyl sites for hydroxylation is 1. The smallest absolute Gasteiger partial charge is 0.267 e. The van der Waals surface area contributed by atoms with E-state index in [1.807, 2.05) is 67.6 Å². The molecule has 0 fully saturated rings. The molecule has 5 heteroatoms. The lowest BCUT2D eigenvalue weighted by Gasteiger charge is -2.30. The van der Waals surface area contributed by atoms with Gasteiger partial charge in [-0.15, -0.1) is 0 Å². The van der Waals surface area contributed by atoms with Gasteiger partial charge in [-0.1, -0.05) is 42.0 Å². The molecule has 2 aromatic carbocycles. The van der Waals surface area contributed by atoms with Crippen molar-refractivity contribution >= 4 is 5.91 Å². The number of amides is 1. The number of benzene rings is 2. The van der Waals surface area contributed by atoms with Crippen molar-refractivity contribution in [1.82, 2.24) is 4.90 Å². The second-order valence-electron chi connectivity index (χ2n) is 6.62. The third kappa shape index (κ3) is 3.97. The van der Waals surface area contributed by atoms with Crippen LogP contribution in [0.4, 0.5) is 0 Å². The van der Waals surface area contributed by atoms with Crippen LogP contribution in [0.5, 0.6) is 11.5 Å². The minimum atomic E-state index is -0.680. The van der Waals surface area contributed by atoms with E-state index in [2.05, 4.69) is 0 Å². The maximum Gasteiger partial charge on any atom is 0.267 e. The SMILES string of the molecule is Cc1ccc(CN(Cc2ccco2)C(=O)[C@@H]2COc3ccccc3O2)cc1. The third-order valence-corrected chi connectivity index (χ3v) is 4.52. The quantitative estimate of drug-likeness (QED) is 0.689. The molecule has 0 saturated heterocycles. The molecule has 2 heterocycles. The van der Waals surface area contributed by atoms with Gasteiger partial charge in [-0.3, -0.25) is 4.79 Å². The van der Waals surface area contributed by atoms with Gasteiger partial charge in [0.05, 0.1) is 12.8 Å². The number of furan rings is 1. The van der Waals surface area contributed by atoms with E-state index in [4.69, 9.17) is 13.9 Å². The first-order valence-electron chi connectivity index (χ1n) is 8.94. The fraction of sp³-hybridized carbons (Fsp3) is 0.227. The molecule has 1 aliphatic heterocycles. The van der Waals surface area contributed by atoms with Gasteiger partial charge in [-0.05, 0) is 36.8 Å². The molecule has 1 aromatic heterocycles. The van der Waals surface area contributed by atoms with E-state index in [-0.39, 0.29) is 12.5 Å².